The highest BCUT2D eigenvalue weighted by atomic mass is 16.6. The average Bonchev–Trinajstić information content (AvgIpc) is 2.63. The van der Waals surface area contributed by atoms with Crippen molar-refractivity contribution in [2.75, 3.05) is 13.2 Å². The van der Waals surface area contributed by atoms with Gasteiger partial charge in [0.25, 0.3) is 0 Å². The third-order valence-corrected chi connectivity index (χ3v) is 3.77. The van der Waals surface area contributed by atoms with E-state index in [1.54, 1.807) is 0 Å². The zero-order valence-corrected chi connectivity index (χ0v) is 16.7. The fourth-order valence-electron chi connectivity index (χ4n) is 2.27. The van der Waals surface area contributed by atoms with Gasteiger partial charge in [-0.1, -0.05) is 75.3 Å². The highest BCUT2D eigenvalue weighted by Crippen LogP contribution is 2.01. The summed E-state index contributed by atoms with van der Waals surface area (Å²) in [6.45, 7) is 6.12. The molecule has 0 atom stereocenters. The molecule has 0 bridgehead atoms. The summed E-state index contributed by atoms with van der Waals surface area (Å²) in [5.74, 6) is 0. The molecule has 2 nitrogen and oxygen atoms in total. The zero-order valence-electron chi connectivity index (χ0n) is 16.7. The van der Waals surface area contributed by atoms with Crippen LogP contribution in [0.4, 0.5) is 0 Å². The Morgan fingerprint density at radius 1 is 0.600 bits per heavy atom. The number of rotatable bonds is 18. The molecular formula is C23H41NO. The number of nitrogens with one attached hydrogen (secondary N) is 1. The molecule has 2 heteroatoms. The molecule has 0 radical (unpaired) electrons. The summed E-state index contributed by atoms with van der Waals surface area (Å²) >= 11 is 0. The van der Waals surface area contributed by atoms with E-state index in [0.717, 1.165) is 45.3 Å². The molecular weight excluding hydrogens is 306 g/mol. The molecule has 0 aliphatic rings. The average molecular weight is 348 g/mol. The standard InChI is InChI=1S/C23H41NO/c1-3-5-6-7-8-9-10-11-12-13-14-15-16-17-18-19-20-21-22-24-25-23-4-2/h8-9,11-12,14-15,17-18,24H,3-7,10,13,16,19-23H2,1-2H3/b9-8-,12-11-,15-14-,18-17-. The van der Waals surface area contributed by atoms with Crippen molar-refractivity contribution in [1.82, 2.24) is 5.48 Å². The Hall–Kier alpha value is -1.12. The minimum atomic E-state index is 0.803. The van der Waals surface area contributed by atoms with Crippen LogP contribution in [-0.2, 0) is 4.84 Å². The van der Waals surface area contributed by atoms with Crippen LogP contribution in [0.1, 0.15) is 84.5 Å². The lowest BCUT2D eigenvalue weighted by Crippen LogP contribution is -2.16. The van der Waals surface area contributed by atoms with E-state index in [-0.39, 0.29) is 0 Å². The molecule has 1 N–H and O–H groups in total. The molecule has 0 fully saturated rings. The van der Waals surface area contributed by atoms with Gasteiger partial charge in [-0.2, -0.15) is 0 Å². The molecule has 0 aromatic carbocycles. The second-order valence-corrected chi connectivity index (χ2v) is 6.33. The van der Waals surface area contributed by atoms with Crippen LogP contribution >= 0.6 is 0 Å². The largest absolute Gasteiger partial charge is 0.302 e. The fourth-order valence-corrected chi connectivity index (χ4v) is 2.27. The second kappa shape index (κ2) is 22.9. The maximum absolute atomic E-state index is 5.23. The third kappa shape index (κ3) is 22.9. The van der Waals surface area contributed by atoms with Gasteiger partial charge in [0.2, 0.25) is 0 Å². The summed E-state index contributed by atoms with van der Waals surface area (Å²) in [6.07, 6.45) is 31.2. The second-order valence-electron chi connectivity index (χ2n) is 6.33. The zero-order chi connectivity index (χ0) is 18.3. The topological polar surface area (TPSA) is 21.3 Å². The van der Waals surface area contributed by atoms with E-state index >= 15 is 0 Å². The van der Waals surface area contributed by atoms with Crippen LogP contribution in [0, 0.1) is 0 Å². The number of hydrogen-bond donors (Lipinski definition) is 1. The molecule has 0 rings (SSSR count). The Labute approximate surface area is 157 Å². The molecule has 0 aliphatic heterocycles. The maximum atomic E-state index is 5.23. The molecule has 25 heavy (non-hydrogen) atoms. The molecule has 144 valence electrons. The van der Waals surface area contributed by atoms with Crippen LogP contribution < -0.4 is 5.48 Å². The third-order valence-electron chi connectivity index (χ3n) is 3.77. The highest BCUT2D eigenvalue weighted by molar-refractivity contribution is 4.99. The first-order chi connectivity index (χ1) is 12.4. The van der Waals surface area contributed by atoms with Crippen molar-refractivity contribution in [3.63, 3.8) is 0 Å². The first kappa shape index (κ1) is 23.9. The predicted molar refractivity (Wildman–Crippen MR) is 113 cm³/mol. The van der Waals surface area contributed by atoms with E-state index in [2.05, 4.69) is 67.9 Å². The lowest BCUT2D eigenvalue weighted by Gasteiger charge is -2.02. The quantitative estimate of drug-likeness (QED) is 0.163. The lowest BCUT2D eigenvalue weighted by molar-refractivity contribution is 0.0409. The normalized spacial score (nSPS) is 12.6. The van der Waals surface area contributed by atoms with E-state index in [9.17, 15) is 0 Å². The van der Waals surface area contributed by atoms with E-state index in [1.807, 2.05) is 0 Å². The van der Waals surface area contributed by atoms with Gasteiger partial charge in [0.15, 0.2) is 0 Å². The molecule has 0 amide bonds. The fraction of sp³-hybridized carbons (Fsp3) is 0.652. The summed E-state index contributed by atoms with van der Waals surface area (Å²) in [5.41, 5.74) is 3.00. The summed E-state index contributed by atoms with van der Waals surface area (Å²) in [5, 5.41) is 0. The molecule has 0 unspecified atom stereocenters. The molecule has 0 saturated heterocycles. The predicted octanol–water partition coefficient (Wildman–Crippen LogP) is 7.06. The Balaban J connectivity index is 3.32. The molecule has 0 aromatic heterocycles. The van der Waals surface area contributed by atoms with E-state index in [0.29, 0.717) is 0 Å². The summed E-state index contributed by atoms with van der Waals surface area (Å²) in [4.78, 5) is 5.23. The van der Waals surface area contributed by atoms with Gasteiger partial charge in [0.05, 0.1) is 6.61 Å². The maximum Gasteiger partial charge on any atom is 0.0679 e. The molecule has 0 spiro atoms. The number of unbranched alkanes of at least 4 members (excludes halogenated alkanes) is 5. The van der Waals surface area contributed by atoms with Gasteiger partial charge >= 0.3 is 0 Å². The summed E-state index contributed by atoms with van der Waals surface area (Å²) < 4.78 is 0. The van der Waals surface area contributed by atoms with Crippen LogP contribution in [0.15, 0.2) is 48.6 Å². The van der Waals surface area contributed by atoms with Crippen LogP contribution in [0.3, 0.4) is 0 Å². The van der Waals surface area contributed by atoms with Crippen molar-refractivity contribution >= 4 is 0 Å². The molecule has 0 aromatic rings. The van der Waals surface area contributed by atoms with Gasteiger partial charge < -0.3 is 4.84 Å². The highest BCUT2D eigenvalue weighted by Gasteiger charge is 1.87. The minimum absolute atomic E-state index is 0.803. The Kier molecular flexibility index (Phi) is 21.9. The van der Waals surface area contributed by atoms with E-state index < -0.39 is 0 Å². The van der Waals surface area contributed by atoms with Gasteiger partial charge in [-0.3, -0.25) is 0 Å². The SMILES string of the molecule is CCCCC/C=C\C/C=C\C/C=C\C/C=C\CCCCNOCCC. The Morgan fingerprint density at radius 2 is 1.12 bits per heavy atom. The first-order valence-electron chi connectivity index (χ1n) is 10.4. The molecule has 0 saturated carbocycles. The monoisotopic (exact) mass is 347 g/mol. The van der Waals surface area contributed by atoms with Gasteiger partial charge in [-0.05, 0) is 57.8 Å². The van der Waals surface area contributed by atoms with Crippen molar-refractivity contribution in [3.05, 3.63) is 48.6 Å². The Bertz CT molecular complexity index is 355. The molecule has 0 heterocycles. The minimum Gasteiger partial charge on any atom is -0.302 e. The van der Waals surface area contributed by atoms with Crippen molar-refractivity contribution in [3.8, 4) is 0 Å². The van der Waals surface area contributed by atoms with Crippen LogP contribution in [0.25, 0.3) is 0 Å². The summed E-state index contributed by atoms with van der Waals surface area (Å²) in [6, 6.07) is 0. The smallest absolute Gasteiger partial charge is 0.0679 e. The van der Waals surface area contributed by atoms with Gasteiger partial charge in [-0.15, -0.1) is 0 Å². The van der Waals surface area contributed by atoms with Gasteiger partial charge in [0.1, 0.15) is 0 Å². The van der Waals surface area contributed by atoms with Gasteiger partial charge in [0, 0.05) is 6.54 Å². The van der Waals surface area contributed by atoms with Crippen LogP contribution in [-0.4, -0.2) is 13.2 Å². The van der Waals surface area contributed by atoms with Gasteiger partial charge in [-0.25, -0.2) is 5.48 Å². The van der Waals surface area contributed by atoms with Crippen LogP contribution in [0.5, 0.6) is 0 Å². The number of hydrogen-bond acceptors (Lipinski definition) is 2. The lowest BCUT2D eigenvalue weighted by atomic mass is 10.2. The number of allylic oxidation sites excluding steroid dienone is 8. The Morgan fingerprint density at radius 3 is 1.64 bits per heavy atom. The van der Waals surface area contributed by atoms with Crippen LogP contribution in [0.2, 0.25) is 0 Å². The van der Waals surface area contributed by atoms with E-state index in [1.165, 1.54) is 38.5 Å². The van der Waals surface area contributed by atoms with Crippen molar-refractivity contribution in [2.45, 2.75) is 84.5 Å². The van der Waals surface area contributed by atoms with Crippen molar-refractivity contribution < 1.29 is 4.84 Å². The van der Waals surface area contributed by atoms with E-state index in [4.69, 9.17) is 4.84 Å². The van der Waals surface area contributed by atoms with Crippen molar-refractivity contribution in [2.24, 2.45) is 0 Å². The summed E-state index contributed by atoms with van der Waals surface area (Å²) in [7, 11) is 0. The van der Waals surface area contributed by atoms with Crippen molar-refractivity contribution in [1.29, 1.82) is 0 Å². The first-order valence-corrected chi connectivity index (χ1v) is 10.4. The molecule has 0 aliphatic carbocycles. The number of hydroxylamine groups is 1.